The Morgan fingerprint density at radius 1 is 0.411 bits per heavy atom. The third kappa shape index (κ3) is 57.1. The lowest BCUT2D eigenvalue weighted by Gasteiger charge is -2.26. The lowest BCUT2D eigenvalue weighted by molar-refractivity contribution is -0.870. The molecule has 0 spiro atoms. The number of carbonyl (C=O) groups excluding carboxylic acids is 3. The van der Waals surface area contributed by atoms with E-state index in [-0.39, 0.29) is 38.6 Å². The molecule has 0 heterocycles. The van der Waals surface area contributed by atoms with Gasteiger partial charge in [-0.3, -0.25) is 9.59 Å². The van der Waals surface area contributed by atoms with E-state index >= 15 is 0 Å². The number of likely N-dealkylation sites (N-methyl/N-ethyl adjacent to an activating group) is 1. The van der Waals surface area contributed by atoms with Crippen LogP contribution in [0.4, 0.5) is 0 Å². The van der Waals surface area contributed by atoms with Crippen LogP contribution in [0.5, 0.6) is 0 Å². The number of carbonyl (C=O) groups is 3. The third-order valence-electron chi connectivity index (χ3n) is 13.9. The Labute approximate surface area is 451 Å². The second kappa shape index (κ2) is 55.7. The molecule has 0 aliphatic carbocycles. The molecule has 0 amide bonds. The molecule has 0 N–H and O–H groups in total. The van der Waals surface area contributed by atoms with Gasteiger partial charge in [0.15, 0.2) is 12.4 Å². The van der Waals surface area contributed by atoms with Gasteiger partial charge in [0.05, 0.1) is 40.3 Å². The minimum atomic E-state index is -1.62. The number of carboxylic acid groups (broad SMARTS) is 1. The summed E-state index contributed by atoms with van der Waals surface area (Å²) < 4.78 is 22.7. The highest BCUT2D eigenvalue weighted by atomic mass is 16.7. The predicted molar refractivity (Wildman–Crippen MR) is 306 cm³/mol. The minimum Gasteiger partial charge on any atom is -0.545 e. The van der Waals surface area contributed by atoms with Crippen molar-refractivity contribution in [1.29, 1.82) is 0 Å². The Morgan fingerprint density at radius 2 is 0.740 bits per heavy atom. The first-order valence-corrected chi connectivity index (χ1v) is 31.1. The molecule has 0 aromatic carbocycles. The summed E-state index contributed by atoms with van der Waals surface area (Å²) in [5, 5.41) is 11.8. The van der Waals surface area contributed by atoms with Crippen LogP contribution in [0.25, 0.3) is 0 Å². The number of aliphatic carboxylic acids is 1. The number of hydrogen-bond acceptors (Lipinski definition) is 8. The highest BCUT2D eigenvalue weighted by Gasteiger charge is 2.22. The van der Waals surface area contributed by atoms with Gasteiger partial charge in [0.2, 0.25) is 0 Å². The van der Waals surface area contributed by atoms with Gasteiger partial charge in [0, 0.05) is 12.8 Å². The number of nitrogens with zero attached hydrogens (tertiary/aromatic N) is 1. The summed E-state index contributed by atoms with van der Waals surface area (Å²) in [6, 6.07) is 0. The first-order chi connectivity index (χ1) is 35.6. The normalized spacial score (nSPS) is 12.9. The van der Waals surface area contributed by atoms with Crippen molar-refractivity contribution in [2.45, 2.75) is 309 Å². The maximum absolute atomic E-state index is 12.9. The molecule has 2 unspecified atom stereocenters. The number of hydrogen-bond donors (Lipinski definition) is 0. The largest absolute Gasteiger partial charge is 0.545 e. The molecule has 0 aromatic heterocycles. The van der Waals surface area contributed by atoms with E-state index in [1.54, 1.807) is 0 Å². The lowest BCUT2D eigenvalue weighted by Crippen LogP contribution is -2.44. The van der Waals surface area contributed by atoms with E-state index in [0.29, 0.717) is 17.4 Å². The molecule has 0 saturated heterocycles. The van der Waals surface area contributed by atoms with E-state index in [4.69, 9.17) is 18.9 Å². The molecule has 0 aromatic rings. The average Bonchev–Trinajstić information content (AvgIpc) is 3.36. The van der Waals surface area contributed by atoms with Crippen molar-refractivity contribution in [3.63, 3.8) is 0 Å². The zero-order valence-corrected chi connectivity index (χ0v) is 48.8. The van der Waals surface area contributed by atoms with Gasteiger partial charge in [-0.25, -0.2) is 0 Å². The van der Waals surface area contributed by atoms with Gasteiger partial charge in [-0.05, 0) is 70.6 Å². The van der Waals surface area contributed by atoms with Gasteiger partial charge < -0.3 is 33.3 Å². The summed E-state index contributed by atoms with van der Waals surface area (Å²) in [7, 11) is 5.93. The van der Waals surface area contributed by atoms with Gasteiger partial charge >= 0.3 is 11.9 Å². The molecule has 0 saturated carbocycles. The standard InChI is InChI=1S/C64H119NO8/c1-6-8-10-12-14-16-18-20-21-22-23-24-25-26-27-28-29-30-31-32-33-34-35-36-37-38-39-40-41-43-45-47-49-51-53-55-62(67)73-60(59-72-64(63(68)69)70-57-56-65(3,4)5)58-71-61(66)54-52-50-48-46-44-42-19-17-15-13-11-9-7-2/h17-20,22-23,60,64H,6-16,21,24-59H2,1-5H3/b19-17-,20-18-,23-22-. The van der Waals surface area contributed by atoms with E-state index in [1.165, 1.54) is 205 Å². The summed E-state index contributed by atoms with van der Waals surface area (Å²) in [5.74, 6) is -2.28. The minimum absolute atomic E-state index is 0.148. The summed E-state index contributed by atoms with van der Waals surface area (Å²) in [4.78, 5) is 37.2. The predicted octanol–water partition coefficient (Wildman–Crippen LogP) is 17.1. The summed E-state index contributed by atoms with van der Waals surface area (Å²) in [6.07, 6.45) is 65.1. The van der Waals surface area contributed by atoms with Crippen LogP contribution in [-0.2, 0) is 33.3 Å². The van der Waals surface area contributed by atoms with Crippen LogP contribution in [0.1, 0.15) is 296 Å². The van der Waals surface area contributed by atoms with E-state index in [1.807, 2.05) is 21.1 Å². The summed E-state index contributed by atoms with van der Waals surface area (Å²) >= 11 is 0. The quantitative estimate of drug-likeness (QED) is 0.0195. The molecule has 2 atom stereocenters. The molecule has 0 aliphatic heterocycles. The Balaban J connectivity index is 3.99. The van der Waals surface area contributed by atoms with Crippen LogP contribution in [0.2, 0.25) is 0 Å². The number of allylic oxidation sites excluding steroid dienone is 6. The topological polar surface area (TPSA) is 111 Å². The molecule has 0 radical (unpaired) electrons. The van der Waals surface area contributed by atoms with Crippen LogP contribution in [0, 0.1) is 0 Å². The Morgan fingerprint density at radius 3 is 1.11 bits per heavy atom. The fourth-order valence-corrected chi connectivity index (χ4v) is 9.03. The van der Waals surface area contributed by atoms with Crippen molar-refractivity contribution in [2.75, 3.05) is 47.5 Å². The molecular weight excluding hydrogens is 911 g/mol. The van der Waals surface area contributed by atoms with Crippen molar-refractivity contribution in [3.8, 4) is 0 Å². The highest BCUT2D eigenvalue weighted by molar-refractivity contribution is 5.70. The number of quaternary nitrogens is 1. The van der Waals surface area contributed by atoms with Crippen molar-refractivity contribution in [1.82, 2.24) is 0 Å². The molecular formula is C64H119NO8. The molecule has 428 valence electrons. The van der Waals surface area contributed by atoms with Crippen molar-refractivity contribution in [2.24, 2.45) is 0 Å². The van der Waals surface area contributed by atoms with E-state index in [9.17, 15) is 19.5 Å². The maximum atomic E-state index is 12.9. The molecule has 0 bridgehead atoms. The lowest BCUT2D eigenvalue weighted by atomic mass is 10.0. The monoisotopic (exact) mass is 1030 g/mol. The van der Waals surface area contributed by atoms with E-state index < -0.39 is 24.3 Å². The molecule has 73 heavy (non-hydrogen) atoms. The number of unbranched alkanes of at least 4 members (excludes halogenated alkanes) is 37. The number of ether oxygens (including phenoxy) is 4. The second-order valence-corrected chi connectivity index (χ2v) is 22.3. The molecule has 0 aliphatic rings. The van der Waals surface area contributed by atoms with Crippen molar-refractivity contribution < 1.29 is 42.9 Å². The number of rotatable bonds is 58. The first kappa shape index (κ1) is 70.5. The summed E-state index contributed by atoms with van der Waals surface area (Å²) in [5.41, 5.74) is 0. The van der Waals surface area contributed by atoms with Gasteiger partial charge in [-0.15, -0.1) is 0 Å². The Hall–Kier alpha value is -2.49. The smallest absolute Gasteiger partial charge is 0.306 e. The zero-order valence-electron chi connectivity index (χ0n) is 48.8. The van der Waals surface area contributed by atoms with Crippen LogP contribution >= 0.6 is 0 Å². The average molecular weight is 1030 g/mol. The molecule has 9 nitrogen and oxygen atoms in total. The Kier molecular flexibility index (Phi) is 53.8. The highest BCUT2D eigenvalue weighted by Crippen LogP contribution is 2.17. The number of carboxylic acids is 1. The second-order valence-electron chi connectivity index (χ2n) is 22.3. The van der Waals surface area contributed by atoms with E-state index in [2.05, 4.69) is 50.3 Å². The Bertz CT molecular complexity index is 1290. The van der Waals surface area contributed by atoms with Crippen LogP contribution in [0.3, 0.4) is 0 Å². The fraction of sp³-hybridized carbons (Fsp3) is 0.859. The molecule has 9 heteroatoms. The van der Waals surface area contributed by atoms with Crippen molar-refractivity contribution >= 4 is 17.9 Å². The first-order valence-electron chi connectivity index (χ1n) is 31.1. The zero-order chi connectivity index (χ0) is 53.4. The molecule has 0 fully saturated rings. The maximum Gasteiger partial charge on any atom is 0.306 e. The van der Waals surface area contributed by atoms with Crippen molar-refractivity contribution in [3.05, 3.63) is 36.5 Å². The van der Waals surface area contributed by atoms with Gasteiger partial charge in [-0.2, -0.15) is 0 Å². The van der Waals surface area contributed by atoms with Gasteiger partial charge in [0.25, 0.3) is 0 Å². The van der Waals surface area contributed by atoms with Crippen LogP contribution in [-0.4, -0.2) is 82.3 Å². The van der Waals surface area contributed by atoms with Gasteiger partial charge in [-0.1, -0.05) is 249 Å². The number of esters is 2. The van der Waals surface area contributed by atoms with Gasteiger partial charge in [0.1, 0.15) is 13.2 Å². The van der Waals surface area contributed by atoms with E-state index in [0.717, 1.165) is 57.8 Å². The van der Waals surface area contributed by atoms with Crippen LogP contribution in [0.15, 0.2) is 36.5 Å². The third-order valence-corrected chi connectivity index (χ3v) is 13.9. The fourth-order valence-electron chi connectivity index (χ4n) is 9.03. The van der Waals surface area contributed by atoms with Crippen LogP contribution < -0.4 is 5.11 Å². The molecule has 0 rings (SSSR count). The summed E-state index contributed by atoms with van der Waals surface area (Å²) in [6.45, 7) is 4.74. The SMILES string of the molecule is CCCCCC/C=C\CCCCCCCC(=O)OCC(COC(OCC[N+](C)(C)C)C(=O)[O-])OC(=O)CCCCCCCCCCCCCCCCCCCCCCCCC/C=C\C/C=C\CCCCCCC.